The van der Waals surface area contributed by atoms with Gasteiger partial charge in [0.15, 0.2) is 0 Å². The number of nitrogens with zero attached hydrogens (tertiary/aromatic N) is 4. The van der Waals surface area contributed by atoms with Gasteiger partial charge in [0, 0.05) is 50.4 Å². The first kappa shape index (κ1) is 30.7. The van der Waals surface area contributed by atoms with E-state index < -0.39 is 24.3 Å². The number of pyridine rings is 1. The summed E-state index contributed by atoms with van der Waals surface area (Å²) in [5.41, 5.74) is 1.17. The molecule has 16 heteroatoms. The zero-order valence-corrected chi connectivity index (χ0v) is 19.6. The van der Waals surface area contributed by atoms with Crippen LogP contribution in [0.15, 0.2) is 43.0 Å². The highest BCUT2D eigenvalue weighted by atomic mass is 19.4. The van der Waals surface area contributed by atoms with Crippen molar-refractivity contribution < 1.29 is 55.6 Å². The third-order valence-electron chi connectivity index (χ3n) is 5.41. The fraction of sp³-hybridized carbons (Fsp3) is 0.500. The van der Waals surface area contributed by atoms with Gasteiger partial charge < -0.3 is 24.6 Å². The molecule has 2 fully saturated rings. The van der Waals surface area contributed by atoms with Crippen molar-refractivity contribution in [3.63, 3.8) is 0 Å². The average Bonchev–Trinajstić information content (AvgIpc) is 3.44. The van der Waals surface area contributed by atoms with E-state index >= 15 is 0 Å². The molecule has 0 unspecified atom stereocenters. The lowest BCUT2D eigenvalue weighted by Gasteiger charge is -2.19. The lowest BCUT2D eigenvalue weighted by atomic mass is 9.91. The second-order valence-corrected chi connectivity index (χ2v) is 8.05. The Labute approximate surface area is 212 Å². The lowest BCUT2D eigenvalue weighted by Crippen LogP contribution is -2.26. The van der Waals surface area contributed by atoms with Crippen LogP contribution in [0, 0.1) is 11.8 Å². The van der Waals surface area contributed by atoms with Gasteiger partial charge >= 0.3 is 24.3 Å². The Bertz CT molecular complexity index is 989. The minimum atomic E-state index is -5.08. The lowest BCUT2D eigenvalue weighted by molar-refractivity contribution is -0.193. The van der Waals surface area contributed by atoms with E-state index in [4.69, 9.17) is 29.3 Å². The zero-order valence-electron chi connectivity index (χ0n) is 19.6. The van der Waals surface area contributed by atoms with Crippen molar-refractivity contribution in [1.82, 2.24) is 15.0 Å². The molecule has 3 atom stereocenters. The molecule has 2 aromatic rings. The second kappa shape index (κ2) is 13.9. The molecule has 38 heavy (non-hydrogen) atoms. The first-order chi connectivity index (χ1) is 17.8. The first-order valence-corrected chi connectivity index (χ1v) is 11.0. The first-order valence-electron chi connectivity index (χ1n) is 11.0. The monoisotopic (exact) mass is 554 g/mol. The average molecular weight is 554 g/mol. The van der Waals surface area contributed by atoms with E-state index in [-0.39, 0.29) is 0 Å². The van der Waals surface area contributed by atoms with E-state index in [1.807, 2.05) is 18.2 Å². The molecule has 2 saturated heterocycles. The molecule has 2 N–H and O–H groups in total. The van der Waals surface area contributed by atoms with Gasteiger partial charge in [0.2, 0.25) is 5.95 Å². The number of carboxylic acids is 2. The number of alkyl halides is 6. The van der Waals surface area contributed by atoms with Crippen LogP contribution in [-0.4, -0.2) is 81.9 Å². The normalized spacial score (nSPS) is 20.5. The SMILES string of the molecule is O=C(O)C(F)(F)F.O=C(O)C(F)(F)F.c1cnc(N2C[C@H]3[C@@H](CCOCc4ccncc4)CO[C@H]3C2)nc1. The number of carbonyl (C=O) groups is 2. The molecule has 0 saturated carbocycles. The van der Waals surface area contributed by atoms with Crippen LogP contribution in [-0.2, 0) is 25.7 Å². The number of fused-ring (bicyclic) bond motifs is 1. The summed E-state index contributed by atoms with van der Waals surface area (Å²) in [5, 5.41) is 14.2. The predicted molar refractivity (Wildman–Crippen MR) is 117 cm³/mol. The second-order valence-electron chi connectivity index (χ2n) is 8.05. The van der Waals surface area contributed by atoms with Crippen LogP contribution >= 0.6 is 0 Å². The number of anilines is 1. The smallest absolute Gasteiger partial charge is 0.475 e. The summed E-state index contributed by atoms with van der Waals surface area (Å²) in [6.07, 6.45) is -1.64. The van der Waals surface area contributed by atoms with Gasteiger partial charge in [-0.1, -0.05) is 0 Å². The number of aliphatic carboxylic acids is 2. The van der Waals surface area contributed by atoms with E-state index in [2.05, 4.69) is 19.9 Å². The van der Waals surface area contributed by atoms with Crippen molar-refractivity contribution in [3.8, 4) is 0 Å². The maximum atomic E-state index is 10.6. The number of hydrogen-bond acceptors (Lipinski definition) is 8. The van der Waals surface area contributed by atoms with Gasteiger partial charge in [0.25, 0.3) is 0 Å². The summed E-state index contributed by atoms with van der Waals surface area (Å²) in [7, 11) is 0. The molecular formula is C22H24F6N4O6. The molecule has 0 spiro atoms. The minimum Gasteiger partial charge on any atom is -0.475 e. The summed E-state index contributed by atoms with van der Waals surface area (Å²) >= 11 is 0. The summed E-state index contributed by atoms with van der Waals surface area (Å²) in [6.45, 7) is 4.12. The van der Waals surface area contributed by atoms with Crippen molar-refractivity contribution >= 4 is 17.9 Å². The summed E-state index contributed by atoms with van der Waals surface area (Å²) in [5.74, 6) is -3.59. The Morgan fingerprint density at radius 2 is 1.53 bits per heavy atom. The molecule has 0 aromatic carbocycles. The number of halogens is 6. The van der Waals surface area contributed by atoms with Crippen LogP contribution in [0.3, 0.4) is 0 Å². The standard InChI is InChI=1S/C18H22N4O2.2C2HF3O2/c1-5-20-18(21-6-1)22-10-16-15(13-24-17(16)11-22)4-9-23-12-14-2-7-19-8-3-14;2*3-2(4,5)1(6)7/h1-3,5-8,15-17H,4,9-13H2;2*(H,6,7)/t15-,16-,17-;;/m0../s1. The number of ether oxygens (including phenoxy) is 2. The predicted octanol–water partition coefficient (Wildman–Crippen LogP) is 3.20. The molecule has 210 valence electrons. The van der Waals surface area contributed by atoms with Gasteiger partial charge in [0.05, 0.1) is 19.3 Å². The van der Waals surface area contributed by atoms with Gasteiger partial charge in [0.1, 0.15) is 0 Å². The molecule has 0 bridgehead atoms. The fourth-order valence-electron chi connectivity index (χ4n) is 3.62. The number of rotatable bonds is 6. The minimum absolute atomic E-state index is 0.305. The number of carboxylic acid groups (broad SMARTS) is 2. The molecular weight excluding hydrogens is 530 g/mol. The van der Waals surface area contributed by atoms with Crippen molar-refractivity contribution in [1.29, 1.82) is 0 Å². The quantitative estimate of drug-likeness (QED) is 0.405. The van der Waals surface area contributed by atoms with Crippen LogP contribution in [0.2, 0.25) is 0 Å². The molecule has 0 radical (unpaired) electrons. The summed E-state index contributed by atoms with van der Waals surface area (Å²) in [6, 6.07) is 5.83. The van der Waals surface area contributed by atoms with E-state index in [1.54, 1.807) is 24.8 Å². The van der Waals surface area contributed by atoms with Gasteiger partial charge in [-0.25, -0.2) is 19.6 Å². The number of aromatic nitrogens is 3. The Hall–Kier alpha value is -3.53. The zero-order chi connectivity index (χ0) is 28.3. The highest BCUT2D eigenvalue weighted by Crippen LogP contribution is 2.36. The molecule has 2 aromatic heterocycles. The molecule has 4 heterocycles. The van der Waals surface area contributed by atoms with Crippen LogP contribution < -0.4 is 4.90 Å². The van der Waals surface area contributed by atoms with Crippen molar-refractivity contribution in [2.24, 2.45) is 11.8 Å². The largest absolute Gasteiger partial charge is 0.490 e. The van der Waals surface area contributed by atoms with Crippen LogP contribution in [0.5, 0.6) is 0 Å². The number of hydrogen-bond donors (Lipinski definition) is 2. The third-order valence-corrected chi connectivity index (χ3v) is 5.41. The molecule has 2 aliphatic heterocycles. The van der Waals surface area contributed by atoms with Gasteiger partial charge in [-0.3, -0.25) is 4.98 Å². The highest BCUT2D eigenvalue weighted by Gasteiger charge is 2.44. The molecule has 10 nitrogen and oxygen atoms in total. The Morgan fingerprint density at radius 3 is 2.05 bits per heavy atom. The Morgan fingerprint density at radius 1 is 0.974 bits per heavy atom. The van der Waals surface area contributed by atoms with Crippen LogP contribution in [0.4, 0.5) is 32.3 Å². The van der Waals surface area contributed by atoms with E-state index in [1.165, 1.54) is 5.56 Å². The topological polar surface area (TPSA) is 135 Å². The summed E-state index contributed by atoms with van der Waals surface area (Å²) < 4.78 is 75.3. The molecule has 2 aliphatic rings. The summed E-state index contributed by atoms with van der Waals surface area (Å²) in [4.78, 5) is 32.7. The Balaban J connectivity index is 0.000000301. The van der Waals surface area contributed by atoms with Crippen molar-refractivity contribution in [2.45, 2.75) is 31.5 Å². The molecule has 4 rings (SSSR count). The fourth-order valence-corrected chi connectivity index (χ4v) is 3.62. The molecule has 0 aliphatic carbocycles. The molecule has 0 amide bonds. The van der Waals surface area contributed by atoms with Gasteiger partial charge in [-0.2, -0.15) is 26.3 Å². The van der Waals surface area contributed by atoms with Crippen molar-refractivity contribution in [2.75, 3.05) is 31.2 Å². The highest BCUT2D eigenvalue weighted by molar-refractivity contribution is 5.73. The van der Waals surface area contributed by atoms with E-state index in [0.29, 0.717) is 24.5 Å². The maximum absolute atomic E-state index is 10.6. The van der Waals surface area contributed by atoms with Gasteiger partial charge in [-0.15, -0.1) is 0 Å². The van der Waals surface area contributed by atoms with E-state index in [9.17, 15) is 26.3 Å². The maximum Gasteiger partial charge on any atom is 0.490 e. The van der Waals surface area contributed by atoms with Crippen molar-refractivity contribution in [3.05, 3.63) is 48.5 Å². The van der Waals surface area contributed by atoms with Crippen LogP contribution in [0.25, 0.3) is 0 Å². The van der Waals surface area contributed by atoms with Crippen LogP contribution in [0.1, 0.15) is 12.0 Å². The Kier molecular flexibility index (Phi) is 11.2. The van der Waals surface area contributed by atoms with E-state index in [0.717, 1.165) is 38.7 Å². The third kappa shape index (κ3) is 10.1. The van der Waals surface area contributed by atoms with Gasteiger partial charge in [-0.05, 0) is 36.1 Å².